The Balaban J connectivity index is 1.91. The summed E-state index contributed by atoms with van der Waals surface area (Å²) in [5.74, 6) is 0.447. The minimum atomic E-state index is -0.440. The molecule has 0 aromatic heterocycles. The Labute approximate surface area is 101 Å². The number of carbonyl (C=O) groups excluding carboxylic acids is 1. The van der Waals surface area contributed by atoms with E-state index < -0.39 is 6.10 Å². The summed E-state index contributed by atoms with van der Waals surface area (Å²) in [7, 11) is 0. The van der Waals surface area contributed by atoms with E-state index in [-0.39, 0.29) is 5.97 Å². The maximum absolute atomic E-state index is 11.2. The van der Waals surface area contributed by atoms with Crippen LogP contribution in [0.5, 0.6) is 5.75 Å². The predicted molar refractivity (Wildman–Crippen MR) is 63.8 cm³/mol. The van der Waals surface area contributed by atoms with Crippen molar-refractivity contribution in [2.45, 2.75) is 25.4 Å². The molecular formula is C13H17NO3. The summed E-state index contributed by atoms with van der Waals surface area (Å²) in [5.41, 5.74) is 6.69. The third-order valence-electron chi connectivity index (χ3n) is 2.76. The van der Waals surface area contributed by atoms with Crippen LogP contribution in [0.15, 0.2) is 24.3 Å². The smallest absolute Gasteiger partial charge is 0.347 e. The first-order valence-electron chi connectivity index (χ1n) is 5.92. The second kappa shape index (κ2) is 5.68. The van der Waals surface area contributed by atoms with Crippen LogP contribution in [-0.4, -0.2) is 25.2 Å². The average Bonchev–Trinajstić information content (AvgIpc) is 2.74. The van der Waals surface area contributed by atoms with Gasteiger partial charge in [-0.25, -0.2) is 4.79 Å². The van der Waals surface area contributed by atoms with Crippen molar-refractivity contribution in [3.63, 3.8) is 0 Å². The molecule has 1 aromatic rings. The maximum atomic E-state index is 11.2. The normalized spacial score (nSPS) is 19.1. The molecule has 0 bridgehead atoms. The predicted octanol–water partition coefficient (Wildman–Crippen LogP) is 1.27. The highest BCUT2D eigenvalue weighted by Gasteiger charge is 2.28. The van der Waals surface area contributed by atoms with Gasteiger partial charge in [0, 0.05) is 6.42 Å². The standard InChI is InChI=1S/C13H17NO3/c14-8-1-2-10-3-5-11(6-4-10)17-12-7-9-16-13(12)15/h3-6,12H,1-2,7-9,14H2. The number of nitrogens with two attached hydrogens (primary N) is 1. The number of hydrogen-bond donors (Lipinski definition) is 1. The number of aryl methyl sites for hydroxylation is 1. The van der Waals surface area contributed by atoms with Crippen LogP contribution < -0.4 is 10.5 Å². The second-order valence-electron chi connectivity index (χ2n) is 4.10. The topological polar surface area (TPSA) is 61.6 Å². The highest BCUT2D eigenvalue weighted by molar-refractivity contribution is 5.76. The monoisotopic (exact) mass is 235 g/mol. The van der Waals surface area contributed by atoms with Gasteiger partial charge in [-0.15, -0.1) is 0 Å². The van der Waals surface area contributed by atoms with Crippen molar-refractivity contribution in [1.29, 1.82) is 0 Å². The molecule has 4 nitrogen and oxygen atoms in total. The van der Waals surface area contributed by atoms with Crippen LogP contribution in [0.3, 0.4) is 0 Å². The van der Waals surface area contributed by atoms with E-state index in [0.29, 0.717) is 25.3 Å². The maximum Gasteiger partial charge on any atom is 0.347 e. The van der Waals surface area contributed by atoms with Crippen molar-refractivity contribution >= 4 is 5.97 Å². The molecule has 92 valence electrons. The summed E-state index contributed by atoms with van der Waals surface area (Å²) < 4.78 is 10.4. The molecule has 1 heterocycles. The molecule has 0 amide bonds. The molecule has 1 aliphatic rings. The molecule has 1 atom stereocenters. The van der Waals surface area contributed by atoms with Gasteiger partial charge in [-0.1, -0.05) is 12.1 Å². The minimum Gasteiger partial charge on any atom is -0.479 e. The second-order valence-corrected chi connectivity index (χ2v) is 4.10. The van der Waals surface area contributed by atoms with E-state index in [1.54, 1.807) is 0 Å². The molecule has 1 aromatic carbocycles. The van der Waals surface area contributed by atoms with E-state index in [0.717, 1.165) is 12.8 Å². The van der Waals surface area contributed by atoms with Crippen molar-refractivity contribution in [3.05, 3.63) is 29.8 Å². The van der Waals surface area contributed by atoms with E-state index in [9.17, 15) is 4.79 Å². The Kier molecular flexibility index (Phi) is 3.98. The van der Waals surface area contributed by atoms with E-state index in [1.807, 2.05) is 24.3 Å². The average molecular weight is 235 g/mol. The van der Waals surface area contributed by atoms with Crippen molar-refractivity contribution in [3.8, 4) is 5.75 Å². The zero-order valence-corrected chi connectivity index (χ0v) is 9.72. The summed E-state index contributed by atoms with van der Waals surface area (Å²) in [4.78, 5) is 11.2. The van der Waals surface area contributed by atoms with Gasteiger partial charge in [0.05, 0.1) is 6.61 Å². The Bertz CT molecular complexity index is 375. The SMILES string of the molecule is NCCCc1ccc(OC2CCOC2=O)cc1. The van der Waals surface area contributed by atoms with Crippen molar-refractivity contribution in [2.75, 3.05) is 13.2 Å². The molecule has 0 saturated carbocycles. The van der Waals surface area contributed by atoms with Gasteiger partial charge in [0.15, 0.2) is 6.10 Å². The van der Waals surface area contributed by atoms with Crippen LogP contribution >= 0.6 is 0 Å². The summed E-state index contributed by atoms with van der Waals surface area (Å²) >= 11 is 0. The van der Waals surface area contributed by atoms with E-state index >= 15 is 0 Å². The van der Waals surface area contributed by atoms with Crippen LogP contribution in [-0.2, 0) is 16.0 Å². The Morgan fingerprint density at radius 2 is 2.12 bits per heavy atom. The Morgan fingerprint density at radius 3 is 2.71 bits per heavy atom. The van der Waals surface area contributed by atoms with E-state index in [4.69, 9.17) is 15.2 Å². The number of benzene rings is 1. The van der Waals surface area contributed by atoms with Crippen LogP contribution in [0.4, 0.5) is 0 Å². The molecule has 0 spiro atoms. The van der Waals surface area contributed by atoms with Crippen LogP contribution in [0, 0.1) is 0 Å². The number of ether oxygens (including phenoxy) is 2. The van der Waals surface area contributed by atoms with Crippen molar-refractivity contribution in [2.24, 2.45) is 5.73 Å². The summed E-state index contributed by atoms with van der Waals surface area (Å²) in [6.07, 6.45) is 2.15. The van der Waals surface area contributed by atoms with Gasteiger partial charge in [0.1, 0.15) is 5.75 Å². The molecule has 4 heteroatoms. The van der Waals surface area contributed by atoms with Crippen molar-refractivity contribution < 1.29 is 14.3 Å². The van der Waals surface area contributed by atoms with Gasteiger partial charge in [0.25, 0.3) is 0 Å². The van der Waals surface area contributed by atoms with Gasteiger partial charge >= 0.3 is 5.97 Å². The number of esters is 1. The lowest BCUT2D eigenvalue weighted by molar-refractivity contribution is -0.143. The zero-order chi connectivity index (χ0) is 12.1. The Morgan fingerprint density at radius 1 is 1.35 bits per heavy atom. The number of hydrogen-bond acceptors (Lipinski definition) is 4. The lowest BCUT2D eigenvalue weighted by Gasteiger charge is -2.10. The van der Waals surface area contributed by atoms with Crippen molar-refractivity contribution in [1.82, 2.24) is 0 Å². The highest BCUT2D eigenvalue weighted by atomic mass is 16.6. The molecule has 1 aliphatic heterocycles. The fourth-order valence-electron chi connectivity index (χ4n) is 1.79. The lowest BCUT2D eigenvalue weighted by atomic mass is 10.1. The number of rotatable bonds is 5. The lowest BCUT2D eigenvalue weighted by Crippen LogP contribution is -2.21. The van der Waals surface area contributed by atoms with Crippen LogP contribution in [0.2, 0.25) is 0 Å². The highest BCUT2D eigenvalue weighted by Crippen LogP contribution is 2.18. The molecule has 2 rings (SSSR count). The molecule has 1 unspecified atom stereocenters. The first kappa shape index (κ1) is 11.9. The van der Waals surface area contributed by atoms with Gasteiger partial charge in [-0.2, -0.15) is 0 Å². The molecule has 0 aliphatic carbocycles. The quantitative estimate of drug-likeness (QED) is 0.781. The molecular weight excluding hydrogens is 218 g/mol. The van der Waals surface area contributed by atoms with Crippen LogP contribution in [0.25, 0.3) is 0 Å². The van der Waals surface area contributed by atoms with Crippen LogP contribution in [0.1, 0.15) is 18.4 Å². The van der Waals surface area contributed by atoms with Gasteiger partial charge in [-0.05, 0) is 37.1 Å². The minimum absolute atomic E-state index is 0.266. The largest absolute Gasteiger partial charge is 0.479 e. The molecule has 2 N–H and O–H groups in total. The number of carbonyl (C=O) groups is 1. The van der Waals surface area contributed by atoms with E-state index in [1.165, 1.54) is 5.56 Å². The fourth-order valence-corrected chi connectivity index (χ4v) is 1.79. The first-order chi connectivity index (χ1) is 8.29. The third-order valence-corrected chi connectivity index (χ3v) is 2.76. The van der Waals surface area contributed by atoms with Gasteiger partial charge < -0.3 is 15.2 Å². The molecule has 0 radical (unpaired) electrons. The van der Waals surface area contributed by atoms with E-state index in [2.05, 4.69) is 0 Å². The third kappa shape index (κ3) is 3.20. The summed E-state index contributed by atoms with van der Waals surface area (Å²) in [6, 6.07) is 7.78. The van der Waals surface area contributed by atoms with Gasteiger partial charge in [0.2, 0.25) is 0 Å². The first-order valence-corrected chi connectivity index (χ1v) is 5.92. The Hall–Kier alpha value is -1.55. The summed E-state index contributed by atoms with van der Waals surface area (Å²) in [6.45, 7) is 1.16. The molecule has 1 fully saturated rings. The molecule has 1 saturated heterocycles. The fraction of sp³-hybridized carbons (Fsp3) is 0.462. The number of cyclic esters (lactones) is 1. The van der Waals surface area contributed by atoms with Gasteiger partial charge in [-0.3, -0.25) is 0 Å². The summed E-state index contributed by atoms with van der Waals surface area (Å²) in [5, 5.41) is 0. The zero-order valence-electron chi connectivity index (χ0n) is 9.72. The molecule has 17 heavy (non-hydrogen) atoms.